The Morgan fingerprint density at radius 3 is 2.23 bits per heavy atom. The van der Waals surface area contributed by atoms with Gasteiger partial charge in [-0.25, -0.2) is 0 Å². The average Bonchev–Trinajstić information content (AvgIpc) is 3.01. The lowest BCUT2D eigenvalue weighted by molar-refractivity contribution is 0.131. The summed E-state index contributed by atoms with van der Waals surface area (Å²) in [5.74, 6) is 0.809. The minimum atomic E-state index is 0.717. The van der Waals surface area contributed by atoms with Gasteiger partial charge < -0.3 is 15.5 Å². The molecule has 2 heterocycles. The molecule has 1 saturated heterocycles. The van der Waals surface area contributed by atoms with E-state index in [-0.39, 0.29) is 0 Å². The van der Waals surface area contributed by atoms with E-state index in [9.17, 15) is 0 Å². The van der Waals surface area contributed by atoms with Gasteiger partial charge in [-0.05, 0) is 31.5 Å². The maximum absolute atomic E-state index is 4.49. The molecule has 0 radical (unpaired) electrons. The maximum atomic E-state index is 4.49. The second-order valence-corrected chi connectivity index (χ2v) is 8.03. The lowest BCUT2D eigenvalue weighted by Crippen LogP contribution is -2.45. The zero-order valence-corrected chi connectivity index (χ0v) is 19.2. The fourth-order valence-corrected chi connectivity index (χ4v) is 4.03. The molecular formula is C23H37N7. The van der Waals surface area contributed by atoms with E-state index in [1.165, 1.54) is 35.5 Å². The third-order valence-electron chi connectivity index (χ3n) is 6.19. The normalized spacial score (nSPS) is 16.1. The Morgan fingerprint density at radius 2 is 1.63 bits per heavy atom. The van der Waals surface area contributed by atoms with Gasteiger partial charge in [0.05, 0.1) is 5.69 Å². The van der Waals surface area contributed by atoms with Crippen LogP contribution in [0.2, 0.25) is 0 Å². The second-order valence-electron chi connectivity index (χ2n) is 8.03. The van der Waals surface area contributed by atoms with Crippen LogP contribution in [0.25, 0.3) is 0 Å². The van der Waals surface area contributed by atoms with Gasteiger partial charge in [-0.1, -0.05) is 31.2 Å². The van der Waals surface area contributed by atoms with Crippen molar-refractivity contribution in [2.75, 3.05) is 39.8 Å². The third-order valence-corrected chi connectivity index (χ3v) is 6.19. The molecule has 30 heavy (non-hydrogen) atoms. The lowest BCUT2D eigenvalue weighted by Gasteiger charge is -2.34. The zero-order chi connectivity index (χ0) is 21.5. The number of nitrogens with zero attached hydrogens (tertiary/aromatic N) is 5. The number of aromatic nitrogens is 2. The number of nitrogens with one attached hydrogen (secondary N) is 2. The average molecular weight is 412 g/mol. The molecule has 0 unspecified atom stereocenters. The zero-order valence-electron chi connectivity index (χ0n) is 19.2. The van der Waals surface area contributed by atoms with Gasteiger partial charge in [0.1, 0.15) is 0 Å². The maximum Gasteiger partial charge on any atom is 0.191 e. The van der Waals surface area contributed by atoms with Gasteiger partial charge in [-0.3, -0.25) is 14.6 Å². The van der Waals surface area contributed by atoms with Gasteiger partial charge in [0.15, 0.2) is 5.96 Å². The first-order chi connectivity index (χ1) is 14.5. The monoisotopic (exact) mass is 411 g/mol. The summed E-state index contributed by atoms with van der Waals surface area (Å²) in [5.41, 5.74) is 6.19. The summed E-state index contributed by atoms with van der Waals surface area (Å²) in [5, 5.41) is 11.4. The standard InChI is InChI=1S/C23H37N7/c1-6-29-11-13-30(14-12-29)17-21-10-8-7-9-20(21)15-25-23(24-4)26-16-22-18(2)27-28(5)19(22)3/h7-10H,6,11-17H2,1-5H3,(H2,24,25,26). The van der Waals surface area contributed by atoms with Crippen LogP contribution in [0.4, 0.5) is 0 Å². The molecular weight excluding hydrogens is 374 g/mol. The van der Waals surface area contributed by atoms with Gasteiger partial charge in [0.2, 0.25) is 0 Å². The molecule has 2 N–H and O–H groups in total. The van der Waals surface area contributed by atoms with Crippen LogP contribution >= 0.6 is 0 Å². The van der Waals surface area contributed by atoms with E-state index in [0.717, 1.165) is 44.4 Å². The molecule has 7 nitrogen and oxygen atoms in total. The Hall–Kier alpha value is -2.38. The molecule has 0 saturated carbocycles. The van der Waals surface area contributed by atoms with E-state index < -0.39 is 0 Å². The van der Waals surface area contributed by atoms with Crippen LogP contribution in [-0.4, -0.2) is 65.3 Å². The summed E-state index contributed by atoms with van der Waals surface area (Å²) in [6, 6.07) is 8.73. The first-order valence-corrected chi connectivity index (χ1v) is 11.0. The molecule has 3 rings (SSSR count). The highest BCUT2D eigenvalue weighted by molar-refractivity contribution is 5.79. The minimum absolute atomic E-state index is 0.717. The van der Waals surface area contributed by atoms with Crippen molar-refractivity contribution in [3.8, 4) is 0 Å². The largest absolute Gasteiger partial charge is 0.352 e. The number of rotatable bonds is 7. The topological polar surface area (TPSA) is 60.7 Å². The molecule has 0 atom stereocenters. The van der Waals surface area contributed by atoms with Crippen molar-refractivity contribution in [3.05, 3.63) is 52.3 Å². The number of aryl methyl sites for hydroxylation is 2. The fraction of sp³-hybridized carbons (Fsp3) is 0.565. The summed E-state index contributed by atoms with van der Waals surface area (Å²) >= 11 is 0. The smallest absolute Gasteiger partial charge is 0.191 e. The summed E-state index contributed by atoms with van der Waals surface area (Å²) < 4.78 is 1.93. The number of hydrogen-bond acceptors (Lipinski definition) is 4. The van der Waals surface area contributed by atoms with Crippen LogP contribution in [0, 0.1) is 13.8 Å². The molecule has 0 spiro atoms. The van der Waals surface area contributed by atoms with E-state index in [2.05, 4.69) is 75.6 Å². The summed E-state index contributed by atoms with van der Waals surface area (Å²) in [6.45, 7) is 14.7. The van der Waals surface area contributed by atoms with Crippen LogP contribution in [0.3, 0.4) is 0 Å². The molecule has 7 heteroatoms. The number of hydrogen-bond donors (Lipinski definition) is 2. The molecule has 0 bridgehead atoms. The van der Waals surface area contributed by atoms with Crippen molar-refractivity contribution in [2.24, 2.45) is 12.0 Å². The highest BCUT2D eigenvalue weighted by Gasteiger charge is 2.16. The van der Waals surface area contributed by atoms with Crippen molar-refractivity contribution < 1.29 is 0 Å². The molecule has 1 aliphatic heterocycles. The number of guanidine groups is 1. The van der Waals surface area contributed by atoms with Crippen LogP contribution in [0.1, 0.15) is 35.0 Å². The van der Waals surface area contributed by atoms with Crippen molar-refractivity contribution in [3.63, 3.8) is 0 Å². The molecule has 164 valence electrons. The van der Waals surface area contributed by atoms with Gasteiger partial charge in [-0.15, -0.1) is 0 Å². The molecule has 0 aliphatic carbocycles. The van der Waals surface area contributed by atoms with Crippen molar-refractivity contribution in [1.82, 2.24) is 30.2 Å². The SMILES string of the molecule is CCN1CCN(Cc2ccccc2CNC(=NC)NCc2c(C)nn(C)c2C)CC1. The molecule has 1 fully saturated rings. The second kappa shape index (κ2) is 10.6. The number of likely N-dealkylation sites (N-methyl/N-ethyl adjacent to an activating group) is 1. The Balaban J connectivity index is 1.55. The number of piperazine rings is 1. The first-order valence-electron chi connectivity index (χ1n) is 11.0. The Kier molecular flexibility index (Phi) is 7.87. The van der Waals surface area contributed by atoms with E-state index >= 15 is 0 Å². The third kappa shape index (κ3) is 5.61. The van der Waals surface area contributed by atoms with Crippen molar-refractivity contribution in [1.29, 1.82) is 0 Å². The number of benzene rings is 1. The molecule has 0 amide bonds. The molecule has 1 aromatic heterocycles. The quantitative estimate of drug-likeness (QED) is 0.539. The van der Waals surface area contributed by atoms with E-state index in [0.29, 0.717) is 6.54 Å². The van der Waals surface area contributed by atoms with Gasteiger partial charge >= 0.3 is 0 Å². The van der Waals surface area contributed by atoms with Crippen LogP contribution < -0.4 is 10.6 Å². The van der Waals surface area contributed by atoms with E-state index in [1.807, 2.05) is 18.8 Å². The van der Waals surface area contributed by atoms with Gasteiger partial charge in [0, 0.05) is 71.2 Å². The Morgan fingerprint density at radius 1 is 1.00 bits per heavy atom. The van der Waals surface area contributed by atoms with Crippen LogP contribution in [-0.2, 0) is 26.7 Å². The molecule has 1 aliphatic rings. The summed E-state index contributed by atoms with van der Waals surface area (Å²) in [6.07, 6.45) is 0. The van der Waals surface area contributed by atoms with Gasteiger partial charge in [0.25, 0.3) is 0 Å². The molecule has 1 aromatic carbocycles. The van der Waals surface area contributed by atoms with Crippen molar-refractivity contribution in [2.45, 2.75) is 40.4 Å². The van der Waals surface area contributed by atoms with Crippen LogP contribution in [0.15, 0.2) is 29.3 Å². The lowest BCUT2D eigenvalue weighted by atomic mass is 10.1. The highest BCUT2D eigenvalue weighted by Crippen LogP contribution is 2.14. The fourth-order valence-electron chi connectivity index (χ4n) is 4.03. The minimum Gasteiger partial charge on any atom is -0.352 e. The molecule has 2 aromatic rings. The predicted octanol–water partition coefficient (Wildman–Crippen LogP) is 2.04. The van der Waals surface area contributed by atoms with Crippen molar-refractivity contribution >= 4 is 5.96 Å². The van der Waals surface area contributed by atoms with E-state index in [1.54, 1.807) is 0 Å². The Bertz CT molecular complexity index is 847. The van der Waals surface area contributed by atoms with Crippen LogP contribution in [0.5, 0.6) is 0 Å². The highest BCUT2D eigenvalue weighted by atomic mass is 15.3. The van der Waals surface area contributed by atoms with Gasteiger partial charge in [-0.2, -0.15) is 5.10 Å². The Labute approximate surface area is 181 Å². The summed E-state index contributed by atoms with van der Waals surface area (Å²) in [7, 11) is 3.80. The summed E-state index contributed by atoms with van der Waals surface area (Å²) in [4.78, 5) is 9.48. The van der Waals surface area contributed by atoms with E-state index in [4.69, 9.17) is 0 Å². The number of aliphatic imine (C=N–C) groups is 1. The first kappa shape index (κ1) is 22.3. The predicted molar refractivity (Wildman–Crippen MR) is 124 cm³/mol.